The molecule has 134 valence electrons. The summed E-state index contributed by atoms with van der Waals surface area (Å²) in [7, 11) is 0. The van der Waals surface area contributed by atoms with Gasteiger partial charge in [-0.15, -0.1) is 0 Å². The highest BCUT2D eigenvalue weighted by Gasteiger charge is 2.16. The number of amides is 2. The zero-order valence-corrected chi connectivity index (χ0v) is 14.2. The lowest BCUT2D eigenvalue weighted by molar-refractivity contribution is 0.102. The second kappa shape index (κ2) is 9.80. The molecule has 3 N–H and O–H groups in total. The van der Waals surface area contributed by atoms with E-state index in [0.717, 1.165) is 25.9 Å². The molecule has 0 spiro atoms. The molecule has 0 unspecified atom stereocenters. The van der Waals surface area contributed by atoms with Gasteiger partial charge in [0.25, 0.3) is 5.76 Å². The van der Waals surface area contributed by atoms with Crippen LogP contribution in [0, 0.1) is 0 Å². The first-order valence-electron chi connectivity index (χ1n) is 8.03. The van der Waals surface area contributed by atoms with Gasteiger partial charge in [-0.1, -0.05) is 30.3 Å². The van der Waals surface area contributed by atoms with Gasteiger partial charge in [-0.2, -0.15) is 8.78 Å². The highest BCUT2D eigenvalue weighted by atomic mass is 32.2. The molecule has 1 aromatic rings. The number of likely N-dealkylation sites (tertiary alicyclic amines) is 1. The van der Waals surface area contributed by atoms with Crippen molar-refractivity contribution in [1.29, 1.82) is 0 Å². The maximum Gasteiger partial charge on any atom is 0.319 e. The molecule has 0 bridgehead atoms. The van der Waals surface area contributed by atoms with E-state index < -0.39 is 17.9 Å². The number of β-amino-alcohol motifs (C(OH)–C–C–N with tert-alkyl or cyclic N) is 1. The van der Waals surface area contributed by atoms with Crippen LogP contribution in [0.25, 0.3) is 0 Å². The molecule has 1 heterocycles. The van der Waals surface area contributed by atoms with Gasteiger partial charge in [-0.05, 0) is 38.1 Å². The number of anilines is 1. The number of hydrogen-bond donors (Lipinski definition) is 3. The van der Waals surface area contributed by atoms with Gasteiger partial charge in [0.1, 0.15) is 0 Å². The first-order chi connectivity index (χ1) is 11.5. The number of nitrogens with one attached hydrogen (secondary N) is 2. The molecule has 1 aromatic carbocycles. The number of aliphatic hydroxyl groups is 1. The molecular weight excluding hydrogens is 336 g/mol. The first kappa shape index (κ1) is 19.0. The Kier molecular flexibility index (Phi) is 7.74. The van der Waals surface area contributed by atoms with Crippen molar-refractivity contribution in [2.75, 3.05) is 31.5 Å². The average molecular weight is 359 g/mol. The largest absolute Gasteiger partial charge is 0.390 e. The van der Waals surface area contributed by atoms with Crippen LogP contribution in [0.3, 0.4) is 0 Å². The van der Waals surface area contributed by atoms with Gasteiger partial charge in [0.15, 0.2) is 0 Å². The second-order valence-corrected chi connectivity index (χ2v) is 6.76. The predicted molar refractivity (Wildman–Crippen MR) is 91.6 cm³/mol. The third-order valence-corrected chi connectivity index (χ3v) is 4.56. The molecule has 1 atom stereocenters. The van der Waals surface area contributed by atoms with E-state index in [0.29, 0.717) is 28.9 Å². The number of alkyl halides is 2. The molecule has 1 saturated heterocycles. The van der Waals surface area contributed by atoms with Gasteiger partial charge in [-0.3, -0.25) is 0 Å². The number of carbonyl (C=O) groups is 1. The van der Waals surface area contributed by atoms with Crippen LogP contribution in [0.1, 0.15) is 19.3 Å². The van der Waals surface area contributed by atoms with Crippen LogP contribution < -0.4 is 10.6 Å². The number of hydrogen-bond acceptors (Lipinski definition) is 4. The van der Waals surface area contributed by atoms with E-state index in [-0.39, 0.29) is 6.54 Å². The third-order valence-electron chi connectivity index (χ3n) is 3.77. The Morgan fingerprint density at radius 2 is 1.96 bits per heavy atom. The minimum absolute atomic E-state index is 0.118. The van der Waals surface area contributed by atoms with Crippen LogP contribution in [0.2, 0.25) is 0 Å². The summed E-state index contributed by atoms with van der Waals surface area (Å²) in [5.41, 5.74) is 0.325. The Labute approximate surface area is 144 Å². The number of halogens is 2. The van der Waals surface area contributed by atoms with Gasteiger partial charge < -0.3 is 20.6 Å². The molecule has 8 heteroatoms. The first-order valence-corrected chi connectivity index (χ1v) is 8.91. The molecule has 1 fully saturated rings. The quantitative estimate of drug-likeness (QED) is 0.655. The van der Waals surface area contributed by atoms with Crippen LogP contribution >= 0.6 is 11.8 Å². The van der Waals surface area contributed by atoms with E-state index in [1.165, 1.54) is 12.5 Å². The van der Waals surface area contributed by atoms with Gasteiger partial charge in [0.2, 0.25) is 0 Å². The van der Waals surface area contributed by atoms with Crippen molar-refractivity contribution in [3.63, 3.8) is 0 Å². The number of aliphatic hydroxyl groups excluding tert-OH is 1. The fourth-order valence-electron chi connectivity index (χ4n) is 2.65. The lowest BCUT2D eigenvalue weighted by Gasteiger charge is -2.28. The Morgan fingerprint density at radius 3 is 2.67 bits per heavy atom. The van der Waals surface area contributed by atoms with Crippen LogP contribution in [0.4, 0.5) is 19.3 Å². The molecule has 2 amide bonds. The van der Waals surface area contributed by atoms with E-state index in [1.54, 1.807) is 18.2 Å². The molecule has 0 saturated carbocycles. The summed E-state index contributed by atoms with van der Waals surface area (Å²) in [5.74, 6) is -2.55. The number of para-hydroxylation sites is 1. The summed E-state index contributed by atoms with van der Waals surface area (Å²) in [6.07, 6.45) is 2.85. The number of thioether (sulfide) groups is 1. The van der Waals surface area contributed by atoms with E-state index in [1.807, 2.05) is 0 Å². The monoisotopic (exact) mass is 359 g/mol. The molecule has 24 heavy (non-hydrogen) atoms. The van der Waals surface area contributed by atoms with Crippen molar-refractivity contribution in [2.45, 2.75) is 36.0 Å². The molecule has 5 nitrogen and oxygen atoms in total. The standard InChI is InChI=1S/C16H23F2N3O2S/c17-15(18)24-14-7-3-2-6-13(14)20-16(23)19-10-12(22)11-21-8-4-1-5-9-21/h2-3,6-7,12,15,22H,1,4-5,8-11H2,(H2,19,20,23)/t12-/m1/s1. The molecule has 0 aliphatic carbocycles. The minimum Gasteiger partial charge on any atom is -0.390 e. The Hall–Kier alpha value is -1.38. The summed E-state index contributed by atoms with van der Waals surface area (Å²) in [6, 6.07) is 5.87. The van der Waals surface area contributed by atoms with Gasteiger partial charge in [0, 0.05) is 18.0 Å². The Bertz CT molecular complexity index is 528. The summed E-state index contributed by atoms with van der Waals surface area (Å²) in [6.45, 7) is 2.59. The van der Waals surface area contributed by atoms with Gasteiger partial charge in [-0.25, -0.2) is 4.79 Å². The summed E-state index contributed by atoms with van der Waals surface area (Å²) in [5, 5.41) is 15.1. The third kappa shape index (κ3) is 6.62. The minimum atomic E-state index is -2.55. The normalized spacial score (nSPS) is 16.8. The van der Waals surface area contributed by atoms with Crippen molar-refractivity contribution in [3.05, 3.63) is 24.3 Å². The molecule has 1 aliphatic rings. The SMILES string of the molecule is O=C(NC[C@@H](O)CN1CCCCC1)Nc1ccccc1SC(F)F. The molecule has 0 radical (unpaired) electrons. The molecule has 0 aromatic heterocycles. The number of rotatable bonds is 7. The smallest absolute Gasteiger partial charge is 0.319 e. The fourth-order valence-corrected chi connectivity index (χ4v) is 3.25. The zero-order valence-electron chi connectivity index (χ0n) is 13.4. The number of benzene rings is 1. The summed E-state index contributed by atoms with van der Waals surface area (Å²) < 4.78 is 25.0. The molecule has 1 aliphatic heterocycles. The van der Waals surface area contributed by atoms with Crippen molar-refractivity contribution in [2.24, 2.45) is 0 Å². The maximum absolute atomic E-state index is 12.5. The second-order valence-electron chi connectivity index (χ2n) is 5.72. The van der Waals surface area contributed by atoms with Crippen molar-refractivity contribution >= 4 is 23.5 Å². The van der Waals surface area contributed by atoms with Crippen LogP contribution in [-0.2, 0) is 0 Å². The summed E-state index contributed by atoms with van der Waals surface area (Å²) >= 11 is 0.383. The predicted octanol–water partition coefficient (Wildman–Crippen LogP) is 2.97. The molecular formula is C16H23F2N3O2S. The topological polar surface area (TPSA) is 64.6 Å². The van der Waals surface area contributed by atoms with E-state index in [4.69, 9.17) is 0 Å². The van der Waals surface area contributed by atoms with E-state index >= 15 is 0 Å². The highest BCUT2D eigenvalue weighted by Crippen LogP contribution is 2.31. The van der Waals surface area contributed by atoms with Crippen LogP contribution in [-0.4, -0.2) is 54.1 Å². The fraction of sp³-hybridized carbons (Fsp3) is 0.562. The number of nitrogens with zero attached hydrogens (tertiary/aromatic N) is 1. The van der Waals surface area contributed by atoms with E-state index in [2.05, 4.69) is 15.5 Å². The zero-order chi connectivity index (χ0) is 17.4. The Balaban J connectivity index is 1.76. The number of urea groups is 1. The molecule has 2 rings (SSSR count). The van der Waals surface area contributed by atoms with Gasteiger partial charge in [0.05, 0.1) is 11.8 Å². The number of carbonyl (C=O) groups excluding carboxylic acids is 1. The van der Waals surface area contributed by atoms with Crippen molar-refractivity contribution in [1.82, 2.24) is 10.2 Å². The lowest BCUT2D eigenvalue weighted by Crippen LogP contribution is -2.43. The average Bonchev–Trinajstić information content (AvgIpc) is 2.55. The Morgan fingerprint density at radius 1 is 1.25 bits per heavy atom. The van der Waals surface area contributed by atoms with E-state index in [9.17, 15) is 18.7 Å². The number of piperidine rings is 1. The highest BCUT2D eigenvalue weighted by molar-refractivity contribution is 7.99. The van der Waals surface area contributed by atoms with Crippen molar-refractivity contribution < 1.29 is 18.7 Å². The van der Waals surface area contributed by atoms with Crippen molar-refractivity contribution in [3.8, 4) is 0 Å². The lowest BCUT2D eigenvalue weighted by atomic mass is 10.1. The van der Waals surface area contributed by atoms with Crippen LogP contribution in [0.15, 0.2) is 29.2 Å². The van der Waals surface area contributed by atoms with Gasteiger partial charge >= 0.3 is 6.03 Å². The van der Waals surface area contributed by atoms with Crippen LogP contribution in [0.5, 0.6) is 0 Å². The maximum atomic E-state index is 12.5. The summed E-state index contributed by atoms with van der Waals surface area (Å²) in [4.78, 5) is 14.4.